The predicted octanol–water partition coefficient (Wildman–Crippen LogP) is 1.13. The van der Waals surface area contributed by atoms with Crippen LogP contribution in [-0.2, 0) is 0 Å². The molecule has 0 N–H and O–H groups in total. The molecule has 8 heteroatoms. The van der Waals surface area contributed by atoms with E-state index in [1.165, 1.54) is 11.8 Å². The van der Waals surface area contributed by atoms with Crippen LogP contribution in [0.5, 0.6) is 0 Å². The molecule has 0 aliphatic rings. The molecule has 0 bridgehead atoms. The van der Waals surface area contributed by atoms with Gasteiger partial charge in [-0.15, -0.1) is 0 Å². The van der Waals surface area contributed by atoms with Gasteiger partial charge in [-0.2, -0.15) is 0 Å². The van der Waals surface area contributed by atoms with Crippen LogP contribution >= 0.6 is 11.8 Å². The summed E-state index contributed by atoms with van der Waals surface area (Å²) in [5, 5.41) is 16.1. The Labute approximate surface area is 127 Å². The standard InChI is InChI=1S/C13H17N5O2S/c1-8(2)18-6-12(20-17-18)16-11(19)7-21-13-14-9(3)5-10(4)15-13/h5-6,8H,7H2,1-4H3. The third-order valence-electron chi connectivity index (χ3n) is 2.52. The summed E-state index contributed by atoms with van der Waals surface area (Å²) in [6.07, 6.45) is 1.60. The van der Waals surface area contributed by atoms with Gasteiger partial charge in [0.15, 0.2) is 11.2 Å². The van der Waals surface area contributed by atoms with Crippen molar-refractivity contribution in [1.29, 1.82) is 0 Å². The number of aryl methyl sites for hydroxylation is 2. The number of rotatable bonds is 5. The van der Waals surface area contributed by atoms with Gasteiger partial charge < -0.3 is 5.11 Å². The highest BCUT2D eigenvalue weighted by atomic mass is 32.2. The maximum Gasteiger partial charge on any atom is 0.320 e. The van der Waals surface area contributed by atoms with Crippen LogP contribution < -0.4 is 9.79 Å². The fourth-order valence-corrected chi connectivity index (χ4v) is 2.32. The lowest BCUT2D eigenvalue weighted by molar-refractivity contribution is -0.779. The van der Waals surface area contributed by atoms with E-state index in [0.717, 1.165) is 11.4 Å². The molecule has 21 heavy (non-hydrogen) atoms. The van der Waals surface area contributed by atoms with Crippen LogP contribution in [0.15, 0.2) is 26.9 Å². The summed E-state index contributed by atoms with van der Waals surface area (Å²) in [7, 11) is 0. The molecule has 2 aromatic rings. The number of aromatic nitrogens is 4. The monoisotopic (exact) mass is 307 g/mol. The molecule has 0 spiro atoms. The van der Waals surface area contributed by atoms with E-state index in [2.05, 4.69) is 20.2 Å². The van der Waals surface area contributed by atoms with E-state index >= 15 is 0 Å². The van der Waals surface area contributed by atoms with Crippen LogP contribution in [0.1, 0.15) is 31.3 Å². The highest BCUT2D eigenvalue weighted by Gasteiger charge is 2.13. The first-order valence-corrected chi connectivity index (χ1v) is 7.50. The first-order valence-electron chi connectivity index (χ1n) is 6.52. The molecule has 112 valence electrons. The largest absolute Gasteiger partial charge is 0.861 e. The number of hydrogen-bond donors (Lipinski definition) is 0. The van der Waals surface area contributed by atoms with Gasteiger partial charge in [0.05, 0.1) is 0 Å². The van der Waals surface area contributed by atoms with E-state index in [1.807, 2.05) is 33.8 Å². The molecule has 0 fully saturated rings. The summed E-state index contributed by atoms with van der Waals surface area (Å²) in [6.45, 7) is 7.71. The summed E-state index contributed by atoms with van der Waals surface area (Å²) >= 11 is 1.25. The Morgan fingerprint density at radius 1 is 1.38 bits per heavy atom. The second kappa shape index (κ2) is 6.66. The zero-order chi connectivity index (χ0) is 15.4. The van der Waals surface area contributed by atoms with Gasteiger partial charge in [0.1, 0.15) is 0 Å². The fourth-order valence-electron chi connectivity index (χ4n) is 1.58. The zero-order valence-corrected chi connectivity index (χ0v) is 13.2. The quantitative estimate of drug-likeness (QED) is 0.270. The normalized spacial score (nSPS) is 12.1. The van der Waals surface area contributed by atoms with Crippen molar-refractivity contribution in [2.75, 3.05) is 5.75 Å². The van der Waals surface area contributed by atoms with Crippen molar-refractivity contribution in [1.82, 2.24) is 15.2 Å². The first-order chi connectivity index (χ1) is 9.94. The third kappa shape index (κ3) is 4.52. The molecule has 0 radical (unpaired) electrons. The van der Waals surface area contributed by atoms with E-state index in [9.17, 15) is 5.11 Å². The minimum atomic E-state index is -0.310. The van der Waals surface area contributed by atoms with Crippen LogP contribution in [0.3, 0.4) is 0 Å². The third-order valence-corrected chi connectivity index (χ3v) is 3.35. The molecule has 0 aromatic carbocycles. The van der Waals surface area contributed by atoms with E-state index in [1.54, 1.807) is 10.9 Å². The molecule has 0 saturated carbocycles. The Morgan fingerprint density at radius 2 is 2.05 bits per heavy atom. The lowest BCUT2D eigenvalue weighted by Gasteiger charge is -2.08. The topological polar surface area (TPSA) is 91.1 Å². The first kappa shape index (κ1) is 15.4. The van der Waals surface area contributed by atoms with E-state index in [0.29, 0.717) is 5.16 Å². The zero-order valence-electron chi connectivity index (χ0n) is 12.4. The molecular formula is C13H17N5O2S. The second-order valence-corrected chi connectivity index (χ2v) is 5.78. The van der Waals surface area contributed by atoms with E-state index in [4.69, 9.17) is 4.52 Å². The minimum absolute atomic E-state index is 0.158. The molecule has 7 nitrogen and oxygen atoms in total. The second-order valence-electron chi connectivity index (χ2n) is 4.84. The fraction of sp³-hybridized carbons (Fsp3) is 0.462. The van der Waals surface area contributed by atoms with Crippen molar-refractivity contribution >= 4 is 23.5 Å². The van der Waals surface area contributed by atoms with Crippen molar-refractivity contribution in [2.24, 2.45) is 4.99 Å². The number of aliphatic imine (C=N–C) groups is 1. The maximum atomic E-state index is 11.8. The van der Waals surface area contributed by atoms with Crippen LogP contribution in [-0.4, -0.2) is 26.9 Å². The van der Waals surface area contributed by atoms with Crippen LogP contribution in [0.25, 0.3) is 0 Å². The maximum absolute atomic E-state index is 11.8. The molecule has 2 heterocycles. The lowest BCUT2D eigenvalue weighted by Crippen LogP contribution is -2.36. The Hall–Kier alpha value is -1.96. The van der Waals surface area contributed by atoms with Gasteiger partial charge in [-0.3, -0.25) is 4.52 Å². The minimum Gasteiger partial charge on any atom is -0.861 e. The Morgan fingerprint density at radius 3 is 2.62 bits per heavy atom. The van der Waals surface area contributed by atoms with Crippen molar-refractivity contribution in [3.05, 3.63) is 23.7 Å². The van der Waals surface area contributed by atoms with Crippen molar-refractivity contribution in [3.8, 4) is 0 Å². The molecule has 0 amide bonds. The van der Waals surface area contributed by atoms with Gasteiger partial charge in [0.2, 0.25) is 5.27 Å². The molecule has 2 aromatic heterocycles. The molecule has 0 saturated heterocycles. The predicted molar refractivity (Wildman–Crippen MR) is 76.4 cm³/mol. The van der Waals surface area contributed by atoms with E-state index in [-0.39, 0.29) is 23.6 Å². The van der Waals surface area contributed by atoms with Crippen molar-refractivity contribution < 1.29 is 14.3 Å². The van der Waals surface area contributed by atoms with Crippen LogP contribution in [0, 0.1) is 13.8 Å². The molecule has 0 atom stereocenters. The van der Waals surface area contributed by atoms with Gasteiger partial charge in [0.25, 0.3) is 6.20 Å². The van der Waals surface area contributed by atoms with Gasteiger partial charge in [-0.1, -0.05) is 11.8 Å². The molecule has 0 aliphatic carbocycles. The molecule has 0 aliphatic heterocycles. The van der Waals surface area contributed by atoms with Gasteiger partial charge in [0, 0.05) is 17.1 Å². The van der Waals surface area contributed by atoms with Crippen LogP contribution in [0.2, 0.25) is 0 Å². The van der Waals surface area contributed by atoms with E-state index < -0.39 is 0 Å². The summed E-state index contributed by atoms with van der Waals surface area (Å²) < 4.78 is 6.58. The average Bonchev–Trinajstić information content (AvgIpc) is 2.84. The number of nitrogens with zero attached hydrogens (tertiary/aromatic N) is 5. The number of thioether (sulfide) groups is 1. The van der Waals surface area contributed by atoms with Crippen molar-refractivity contribution in [2.45, 2.75) is 38.9 Å². The Bertz CT molecular complexity index is 634. The summed E-state index contributed by atoms with van der Waals surface area (Å²) in [4.78, 5) is 12.4. The molecular weight excluding hydrogens is 290 g/mol. The number of hydrogen-bond acceptors (Lipinski definition) is 7. The summed E-state index contributed by atoms with van der Waals surface area (Å²) in [5.74, 6) is 0.0519. The Kier molecular flexibility index (Phi) is 4.89. The van der Waals surface area contributed by atoms with Gasteiger partial charge in [-0.05, 0) is 44.3 Å². The van der Waals surface area contributed by atoms with Gasteiger partial charge >= 0.3 is 5.88 Å². The highest BCUT2D eigenvalue weighted by Crippen LogP contribution is 2.15. The average molecular weight is 307 g/mol. The van der Waals surface area contributed by atoms with Crippen molar-refractivity contribution in [3.63, 3.8) is 0 Å². The van der Waals surface area contributed by atoms with Gasteiger partial charge in [-0.25, -0.2) is 15.0 Å². The molecule has 2 rings (SSSR count). The Balaban J connectivity index is 2.00. The SMILES string of the molecule is Cc1cc(C)nc(SC/C([O-])=N\c2c[n+](C(C)C)no2)n1. The summed E-state index contributed by atoms with van der Waals surface area (Å²) in [5.41, 5.74) is 1.75. The lowest BCUT2D eigenvalue weighted by atomic mass is 10.4. The van der Waals surface area contributed by atoms with Crippen LogP contribution in [0.4, 0.5) is 5.88 Å². The smallest absolute Gasteiger partial charge is 0.320 e. The molecule has 0 unspecified atom stereocenters. The summed E-state index contributed by atoms with van der Waals surface area (Å²) in [6, 6.07) is 2.04. The highest BCUT2D eigenvalue weighted by molar-refractivity contribution is 7.99.